The van der Waals surface area contributed by atoms with Crippen LogP contribution in [-0.4, -0.2) is 42.2 Å². The zero-order valence-electron chi connectivity index (χ0n) is 10.7. The van der Waals surface area contributed by atoms with Gasteiger partial charge in [0.2, 0.25) is 0 Å². The van der Waals surface area contributed by atoms with Crippen molar-refractivity contribution in [2.24, 2.45) is 5.92 Å². The molecule has 0 aromatic heterocycles. The van der Waals surface area contributed by atoms with Gasteiger partial charge >= 0.3 is 5.97 Å². The molecule has 104 valence electrons. The second kappa shape index (κ2) is 6.52. The average molecular weight is 267 g/mol. The highest BCUT2D eigenvalue weighted by Gasteiger charge is 2.24. The number of ether oxygens (including phenoxy) is 1. The van der Waals surface area contributed by atoms with Crippen LogP contribution in [0.2, 0.25) is 0 Å². The molecule has 0 bridgehead atoms. The summed E-state index contributed by atoms with van der Waals surface area (Å²) in [6.07, 6.45) is 1.62. The predicted octanol–water partition coefficient (Wildman–Crippen LogP) is 2.00. The molecule has 0 amide bonds. The molecule has 1 saturated heterocycles. The Bertz CT molecular complexity index is 438. The van der Waals surface area contributed by atoms with Crippen LogP contribution in [0.1, 0.15) is 12.8 Å². The Morgan fingerprint density at radius 3 is 3.00 bits per heavy atom. The average Bonchev–Trinajstić information content (AvgIpc) is 2.41. The number of nitrogens with zero attached hydrogens (tertiary/aromatic N) is 1. The number of hydrogen-bond donors (Lipinski definition) is 1. The first-order chi connectivity index (χ1) is 9.16. The van der Waals surface area contributed by atoms with E-state index in [4.69, 9.17) is 9.84 Å². The minimum Gasteiger partial charge on any atom is -0.489 e. The Balaban J connectivity index is 1.77. The van der Waals surface area contributed by atoms with E-state index < -0.39 is 5.97 Å². The molecule has 1 fully saturated rings. The normalized spacial score (nSPS) is 20.2. The number of hydrogen-bond acceptors (Lipinski definition) is 3. The van der Waals surface area contributed by atoms with E-state index in [-0.39, 0.29) is 17.5 Å². The van der Waals surface area contributed by atoms with Crippen molar-refractivity contribution in [2.75, 3.05) is 26.2 Å². The van der Waals surface area contributed by atoms with Crippen LogP contribution in [0, 0.1) is 11.7 Å². The van der Waals surface area contributed by atoms with Gasteiger partial charge in [0.1, 0.15) is 6.61 Å². The van der Waals surface area contributed by atoms with Gasteiger partial charge in [0.25, 0.3) is 0 Å². The molecule has 1 atom stereocenters. The molecule has 1 aromatic carbocycles. The van der Waals surface area contributed by atoms with Crippen LogP contribution < -0.4 is 4.74 Å². The molecular weight excluding hydrogens is 249 g/mol. The van der Waals surface area contributed by atoms with Crippen molar-refractivity contribution in [1.29, 1.82) is 0 Å². The molecule has 1 heterocycles. The smallest absolute Gasteiger partial charge is 0.307 e. The summed E-state index contributed by atoms with van der Waals surface area (Å²) in [4.78, 5) is 13.0. The molecule has 1 N–H and O–H groups in total. The summed E-state index contributed by atoms with van der Waals surface area (Å²) in [5.74, 6) is -1.15. The van der Waals surface area contributed by atoms with E-state index in [0.717, 1.165) is 19.4 Å². The van der Waals surface area contributed by atoms with Crippen LogP contribution in [0.25, 0.3) is 0 Å². The van der Waals surface area contributed by atoms with Gasteiger partial charge in [0.05, 0.1) is 5.92 Å². The highest BCUT2D eigenvalue weighted by molar-refractivity contribution is 5.70. The summed E-state index contributed by atoms with van der Waals surface area (Å²) in [5.41, 5.74) is 0. The maximum Gasteiger partial charge on any atom is 0.307 e. The Morgan fingerprint density at radius 2 is 2.26 bits per heavy atom. The monoisotopic (exact) mass is 267 g/mol. The number of likely N-dealkylation sites (tertiary alicyclic amines) is 1. The lowest BCUT2D eigenvalue weighted by molar-refractivity contribution is -0.143. The van der Waals surface area contributed by atoms with E-state index in [1.807, 2.05) is 0 Å². The van der Waals surface area contributed by atoms with Gasteiger partial charge in [-0.1, -0.05) is 12.1 Å². The zero-order chi connectivity index (χ0) is 13.7. The Kier molecular flexibility index (Phi) is 4.74. The number of halogens is 1. The van der Waals surface area contributed by atoms with Crippen LogP contribution in [0.5, 0.6) is 5.75 Å². The number of aliphatic carboxylic acids is 1. The third-order valence-electron chi connectivity index (χ3n) is 3.36. The summed E-state index contributed by atoms with van der Waals surface area (Å²) in [5, 5.41) is 8.99. The lowest BCUT2D eigenvalue weighted by atomic mass is 9.98. The largest absolute Gasteiger partial charge is 0.489 e. The summed E-state index contributed by atoms with van der Waals surface area (Å²) < 4.78 is 18.7. The Hall–Kier alpha value is -1.62. The van der Waals surface area contributed by atoms with Crippen LogP contribution in [-0.2, 0) is 4.79 Å². The van der Waals surface area contributed by atoms with Gasteiger partial charge in [0, 0.05) is 13.1 Å². The maximum absolute atomic E-state index is 13.3. The van der Waals surface area contributed by atoms with Gasteiger partial charge in [0.15, 0.2) is 11.6 Å². The fraction of sp³-hybridized carbons (Fsp3) is 0.500. The molecule has 0 radical (unpaired) electrons. The molecular formula is C14H18FNO3. The van der Waals surface area contributed by atoms with Gasteiger partial charge in [-0.3, -0.25) is 9.69 Å². The quantitative estimate of drug-likeness (QED) is 0.886. The minimum atomic E-state index is -0.736. The molecule has 1 aliphatic rings. The van der Waals surface area contributed by atoms with Crippen molar-refractivity contribution in [3.63, 3.8) is 0 Å². The SMILES string of the molecule is O=C(O)[C@@H]1CCCN(CCOc2ccccc2F)C1. The summed E-state index contributed by atoms with van der Waals surface area (Å²) in [7, 11) is 0. The third kappa shape index (κ3) is 3.92. The van der Waals surface area contributed by atoms with Gasteiger partial charge in [-0.25, -0.2) is 4.39 Å². The first kappa shape index (κ1) is 13.8. The Morgan fingerprint density at radius 1 is 1.47 bits per heavy atom. The number of carbonyl (C=O) groups is 1. The number of piperidine rings is 1. The van der Waals surface area contributed by atoms with E-state index in [2.05, 4.69) is 4.90 Å². The summed E-state index contributed by atoms with van der Waals surface area (Å²) in [6, 6.07) is 6.28. The van der Waals surface area contributed by atoms with Gasteiger partial charge in [-0.2, -0.15) is 0 Å². The number of carboxylic acid groups (broad SMARTS) is 1. The molecule has 1 aromatic rings. The molecule has 0 aliphatic carbocycles. The predicted molar refractivity (Wildman–Crippen MR) is 68.7 cm³/mol. The van der Waals surface area contributed by atoms with Gasteiger partial charge in [-0.15, -0.1) is 0 Å². The second-order valence-corrected chi connectivity index (χ2v) is 4.76. The minimum absolute atomic E-state index is 0.245. The van der Waals surface area contributed by atoms with E-state index in [1.165, 1.54) is 6.07 Å². The molecule has 0 spiro atoms. The second-order valence-electron chi connectivity index (χ2n) is 4.76. The van der Waals surface area contributed by atoms with Crippen molar-refractivity contribution in [2.45, 2.75) is 12.8 Å². The molecule has 0 saturated carbocycles. The van der Waals surface area contributed by atoms with Crippen LogP contribution in [0.15, 0.2) is 24.3 Å². The van der Waals surface area contributed by atoms with Crippen molar-refractivity contribution in [1.82, 2.24) is 4.90 Å². The standard InChI is InChI=1S/C14H18FNO3/c15-12-5-1-2-6-13(12)19-9-8-16-7-3-4-11(10-16)14(17)18/h1-2,5-6,11H,3-4,7-10H2,(H,17,18)/t11-/m1/s1. The van der Waals surface area contributed by atoms with E-state index in [1.54, 1.807) is 18.2 Å². The number of para-hydroxylation sites is 1. The number of rotatable bonds is 5. The zero-order valence-corrected chi connectivity index (χ0v) is 10.7. The van der Waals surface area contributed by atoms with Crippen LogP contribution in [0.3, 0.4) is 0 Å². The van der Waals surface area contributed by atoms with Crippen molar-refractivity contribution in [3.05, 3.63) is 30.1 Å². The number of carboxylic acids is 1. The Labute approximate surface area is 111 Å². The molecule has 1 aliphatic heterocycles. The third-order valence-corrected chi connectivity index (χ3v) is 3.36. The lowest BCUT2D eigenvalue weighted by Crippen LogP contribution is -2.40. The van der Waals surface area contributed by atoms with Crippen LogP contribution >= 0.6 is 0 Å². The van der Waals surface area contributed by atoms with Crippen molar-refractivity contribution < 1.29 is 19.0 Å². The van der Waals surface area contributed by atoms with Crippen molar-refractivity contribution in [3.8, 4) is 5.75 Å². The molecule has 2 rings (SSSR count). The highest BCUT2D eigenvalue weighted by atomic mass is 19.1. The molecule has 5 heteroatoms. The number of benzene rings is 1. The maximum atomic E-state index is 13.3. The summed E-state index contributed by atoms with van der Waals surface area (Å²) in [6.45, 7) is 2.42. The molecule has 4 nitrogen and oxygen atoms in total. The fourth-order valence-corrected chi connectivity index (χ4v) is 2.31. The molecule has 19 heavy (non-hydrogen) atoms. The van der Waals surface area contributed by atoms with E-state index >= 15 is 0 Å². The van der Waals surface area contributed by atoms with Gasteiger partial charge in [-0.05, 0) is 31.5 Å². The topological polar surface area (TPSA) is 49.8 Å². The molecule has 0 unspecified atom stereocenters. The van der Waals surface area contributed by atoms with Crippen molar-refractivity contribution >= 4 is 5.97 Å². The fourth-order valence-electron chi connectivity index (χ4n) is 2.31. The first-order valence-electron chi connectivity index (χ1n) is 6.49. The van der Waals surface area contributed by atoms with E-state index in [0.29, 0.717) is 19.7 Å². The first-order valence-corrected chi connectivity index (χ1v) is 6.49. The highest BCUT2D eigenvalue weighted by Crippen LogP contribution is 2.18. The summed E-state index contributed by atoms with van der Waals surface area (Å²) >= 11 is 0. The van der Waals surface area contributed by atoms with E-state index in [9.17, 15) is 9.18 Å². The van der Waals surface area contributed by atoms with Crippen LogP contribution in [0.4, 0.5) is 4.39 Å². The van der Waals surface area contributed by atoms with Gasteiger partial charge < -0.3 is 9.84 Å². The lowest BCUT2D eigenvalue weighted by Gasteiger charge is -2.30.